The molecule has 0 unspecified atom stereocenters. The second kappa shape index (κ2) is 4.38. The predicted octanol–water partition coefficient (Wildman–Crippen LogP) is 1.34. The molecule has 1 aliphatic carbocycles. The Kier molecular flexibility index (Phi) is 2.88. The molecular formula is C12H15BrN3O+. The van der Waals surface area contributed by atoms with Gasteiger partial charge in [-0.15, -0.1) is 0 Å². The van der Waals surface area contributed by atoms with Gasteiger partial charge in [0.25, 0.3) is 5.82 Å². The number of hydrogen-bond donors (Lipinski definition) is 2. The van der Waals surface area contributed by atoms with E-state index in [1.165, 1.54) is 12.8 Å². The molecule has 1 aromatic rings. The lowest BCUT2D eigenvalue weighted by molar-refractivity contribution is -0.375. The lowest BCUT2D eigenvalue weighted by Crippen LogP contribution is -2.45. The molecule has 2 aliphatic rings. The Labute approximate surface area is 108 Å². The van der Waals surface area contributed by atoms with Crippen LogP contribution in [0.3, 0.4) is 0 Å². The first-order chi connectivity index (χ1) is 8.22. The molecule has 17 heavy (non-hydrogen) atoms. The number of pyridine rings is 1. The van der Waals surface area contributed by atoms with Crippen molar-refractivity contribution in [3.8, 4) is 0 Å². The van der Waals surface area contributed by atoms with E-state index < -0.39 is 0 Å². The van der Waals surface area contributed by atoms with E-state index in [-0.39, 0.29) is 11.9 Å². The van der Waals surface area contributed by atoms with Gasteiger partial charge in [0.15, 0.2) is 4.60 Å². The molecule has 4 nitrogen and oxygen atoms in total. The Balaban J connectivity index is 1.68. The zero-order valence-corrected chi connectivity index (χ0v) is 11.0. The molecule has 3 atom stereocenters. The van der Waals surface area contributed by atoms with Crippen LogP contribution in [0.15, 0.2) is 22.8 Å². The van der Waals surface area contributed by atoms with Crippen LogP contribution < -0.4 is 15.6 Å². The summed E-state index contributed by atoms with van der Waals surface area (Å²) in [6.45, 7) is 0. The number of halogens is 1. The summed E-state index contributed by atoms with van der Waals surface area (Å²) in [5.74, 6) is 1.33. The fourth-order valence-electron chi connectivity index (χ4n) is 2.87. The Hall–Kier alpha value is -0.940. The average Bonchev–Trinajstić information content (AvgIpc) is 2.90. The summed E-state index contributed by atoms with van der Waals surface area (Å²) < 4.78 is 0.858. The number of H-pyrrole nitrogens is 1. The number of aromatic amines is 1. The first kappa shape index (κ1) is 11.2. The fourth-order valence-corrected chi connectivity index (χ4v) is 3.24. The Bertz CT molecular complexity index is 451. The van der Waals surface area contributed by atoms with Gasteiger partial charge in [-0.1, -0.05) is 0 Å². The smallest absolute Gasteiger partial charge is 0.301 e. The molecule has 1 saturated carbocycles. The van der Waals surface area contributed by atoms with Crippen LogP contribution in [0.1, 0.15) is 19.3 Å². The number of rotatable bonds is 2. The second-order valence-electron chi connectivity index (χ2n) is 4.82. The largest absolute Gasteiger partial charge is 0.324 e. The number of fused-ring (bicyclic) bond motifs is 2. The third-order valence-electron chi connectivity index (χ3n) is 3.66. The number of amides is 1. The van der Waals surface area contributed by atoms with Crippen LogP contribution in [0.5, 0.6) is 0 Å². The molecule has 2 bridgehead atoms. The standard InChI is InChI=1S/C12H14BrN3O/c13-9-2-1-3-10(15-9)16-12(17)11-7-4-5-8(6-7)14-11/h1-3,7-8,11,14H,4-6H2,(H,15,16,17)/p+1/t7-,8+,11-/m0/s1. The minimum Gasteiger partial charge on any atom is -0.301 e. The molecule has 2 fully saturated rings. The van der Waals surface area contributed by atoms with Crippen LogP contribution in [-0.4, -0.2) is 18.0 Å². The Morgan fingerprint density at radius 1 is 1.47 bits per heavy atom. The van der Waals surface area contributed by atoms with Gasteiger partial charge in [-0.3, -0.25) is 0 Å². The highest BCUT2D eigenvalue weighted by Gasteiger charge is 2.44. The molecule has 1 aliphatic heterocycles. The van der Waals surface area contributed by atoms with Crippen molar-refractivity contribution in [1.29, 1.82) is 0 Å². The number of nitrogens with one attached hydrogen (secondary N) is 3. The third kappa shape index (κ3) is 2.21. The van der Waals surface area contributed by atoms with Gasteiger partial charge in [0.2, 0.25) is 0 Å². The fraction of sp³-hybridized carbons (Fsp3) is 0.500. The summed E-state index contributed by atoms with van der Waals surface area (Å²) in [5, 5.41) is 6.31. The van der Waals surface area contributed by atoms with Gasteiger partial charge < -0.3 is 5.32 Å². The number of hydrogen-bond acceptors (Lipinski definition) is 2. The van der Waals surface area contributed by atoms with Crippen LogP contribution in [0.2, 0.25) is 0 Å². The van der Waals surface area contributed by atoms with Gasteiger partial charge in [-0.2, -0.15) is 0 Å². The van der Waals surface area contributed by atoms with Crippen molar-refractivity contribution in [2.24, 2.45) is 5.92 Å². The van der Waals surface area contributed by atoms with E-state index in [2.05, 4.69) is 31.5 Å². The maximum Gasteiger partial charge on any atom is 0.324 e. The van der Waals surface area contributed by atoms with Crippen molar-refractivity contribution in [3.63, 3.8) is 0 Å². The zero-order valence-electron chi connectivity index (χ0n) is 9.37. The zero-order chi connectivity index (χ0) is 11.8. The molecule has 3 rings (SSSR count). The molecule has 0 spiro atoms. The highest BCUT2D eigenvalue weighted by atomic mass is 79.9. The van der Waals surface area contributed by atoms with Crippen LogP contribution in [0.4, 0.5) is 5.82 Å². The lowest BCUT2D eigenvalue weighted by Gasteiger charge is -2.19. The number of anilines is 1. The van der Waals surface area contributed by atoms with Crippen molar-refractivity contribution in [1.82, 2.24) is 5.32 Å². The van der Waals surface area contributed by atoms with Crippen LogP contribution in [0, 0.1) is 5.92 Å². The van der Waals surface area contributed by atoms with Crippen LogP contribution in [-0.2, 0) is 4.79 Å². The van der Waals surface area contributed by atoms with Gasteiger partial charge in [-0.25, -0.2) is 15.1 Å². The van der Waals surface area contributed by atoms with Crippen molar-refractivity contribution >= 4 is 27.7 Å². The molecule has 90 valence electrons. The topological polar surface area (TPSA) is 55.3 Å². The molecule has 1 saturated heterocycles. The number of aromatic nitrogens is 1. The van der Waals surface area contributed by atoms with Crippen molar-refractivity contribution in [2.45, 2.75) is 31.3 Å². The van der Waals surface area contributed by atoms with E-state index in [1.807, 2.05) is 18.2 Å². The van der Waals surface area contributed by atoms with E-state index in [0.29, 0.717) is 12.0 Å². The summed E-state index contributed by atoms with van der Waals surface area (Å²) in [6, 6.07) is 6.19. The summed E-state index contributed by atoms with van der Waals surface area (Å²) in [5.41, 5.74) is 0. The molecule has 3 N–H and O–H groups in total. The monoisotopic (exact) mass is 296 g/mol. The van der Waals surface area contributed by atoms with E-state index in [1.54, 1.807) is 0 Å². The maximum atomic E-state index is 12.1. The molecule has 0 aromatic carbocycles. The van der Waals surface area contributed by atoms with E-state index in [9.17, 15) is 4.79 Å². The number of carbonyl (C=O) groups is 1. The van der Waals surface area contributed by atoms with Gasteiger partial charge >= 0.3 is 5.91 Å². The highest BCUT2D eigenvalue weighted by molar-refractivity contribution is 9.10. The SMILES string of the molecule is O=C(Nc1cccc(Br)[nH+]1)[C@H]1N[C@@H]2CC[C@H]1C2. The van der Waals surface area contributed by atoms with Crippen LogP contribution >= 0.6 is 15.9 Å². The molecule has 1 amide bonds. The number of piperidine rings is 1. The molecule has 5 heteroatoms. The van der Waals surface area contributed by atoms with Crippen molar-refractivity contribution in [3.05, 3.63) is 22.8 Å². The van der Waals surface area contributed by atoms with Gasteiger partial charge in [0.1, 0.15) is 6.04 Å². The molecular weight excluding hydrogens is 282 g/mol. The number of carbonyl (C=O) groups excluding carboxylic acids is 1. The molecule has 2 heterocycles. The summed E-state index contributed by atoms with van der Waals surface area (Å²) in [6.07, 6.45) is 3.55. The Morgan fingerprint density at radius 2 is 2.35 bits per heavy atom. The third-order valence-corrected chi connectivity index (χ3v) is 4.12. The first-order valence-electron chi connectivity index (χ1n) is 5.97. The predicted molar refractivity (Wildman–Crippen MR) is 67.4 cm³/mol. The normalized spacial score (nSPS) is 30.5. The lowest BCUT2D eigenvalue weighted by atomic mass is 9.99. The summed E-state index contributed by atoms with van der Waals surface area (Å²) in [7, 11) is 0. The highest BCUT2D eigenvalue weighted by Crippen LogP contribution is 2.35. The second-order valence-corrected chi connectivity index (χ2v) is 5.67. The van der Waals surface area contributed by atoms with E-state index in [0.717, 1.165) is 16.8 Å². The minimum absolute atomic E-state index is 0.0128. The van der Waals surface area contributed by atoms with E-state index >= 15 is 0 Å². The summed E-state index contributed by atoms with van der Waals surface area (Å²) in [4.78, 5) is 15.2. The molecule has 1 aromatic heterocycles. The van der Waals surface area contributed by atoms with Crippen LogP contribution in [0.25, 0.3) is 0 Å². The maximum absolute atomic E-state index is 12.1. The summed E-state index contributed by atoms with van der Waals surface area (Å²) >= 11 is 3.35. The first-order valence-corrected chi connectivity index (χ1v) is 6.76. The van der Waals surface area contributed by atoms with Gasteiger partial charge in [0.05, 0.1) is 0 Å². The quantitative estimate of drug-likeness (QED) is 0.810. The molecule has 0 radical (unpaired) electrons. The van der Waals surface area contributed by atoms with Crippen molar-refractivity contribution < 1.29 is 9.78 Å². The van der Waals surface area contributed by atoms with Crippen molar-refractivity contribution in [2.75, 3.05) is 5.32 Å². The Morgan fingerprint density at radius 3 is 3.00 bits per heavy atom. The van der Waals surface area contributed by atoms with Gasteiger partial charge in [0, 0.05) is 12.1 Å². The minimum atomic E-state index is -0.0128. The van der Waals surface area contributed by atoms with Gasteiger partial charge in [-0.05, 0) is 53.2 Å². The average molecular weight is 297 g/mol. The van der Waals surface area contributed by atoms with E-state index in [4.69, 9.17) is 0 Å².